The van der Waals surface area contributed by atoms with Crippen molar-refractivity contribution < 1.29 is 8.63 Å². The summed E-state index contributed by atoms with van der Waals surface area (Å²) in [6.07, 6.45) is 0.817. The zero-order valence-corrected chi connectivity index (χ0v) is 18.4. The molecule has 3 nitrogen and oxygen atoms in total. The van der Waals surface area contributed by atoms with Gasteiger partial charge in [0.25, 0.3) is 0 Å². The Morgan fingerprint density at radius 3 is 2.08 bits per heavy atom. The lowest BCUT2D eigenvalue weighted by Gasteiger charge is -2.37. The van der Waals surface area contributed by atoms with Crippen molar-refractivity contribution in [2.45, 2.75) is 76.9 Å². The molecule has 2 atom stereocenters. The molecule has 0 saturated heterocycles. The van der Waals surface area contributed by atoms with E-state index in [9.17, 15) is 4.21 Å². The standard InChI is InChI=1S/C19H35NO2SSi/c1-18(2,3)23(21)20-17(14-16-12-10-9-11-13-16)15-22-24(7,8)19(4,5)6/h9-13,17,20H,14-15H2,1-8H3/t17-,23?/m1/s1. The second-order valence-electron chi connectivity index (χ2n) is 8.96. The Labute approximate surface area is 152 Å². The van der Waals surface area contributed by atoms with Crippen LogP contribution in [0, 0.1) is 0 Å². The Morgan fingerprint density at radius 2 is 1.62 bits per heavy atom. The summed E-state index contributed by atoms with van der Waals surface area (Å²) in [6.45, 7) is 17.8. The van der Waals surface area contributed by atoms with Crippen LogP contribution in [0.3, 0.4) is 0 Å². The van der Waals surface area contributed by atoms with E-state index in [1.807, 2.05) is 39.0 Å². The molecule has 24 heavy (non-hydrogen) atoms. The molecule has 0 aliphatic rings. The molecule has 1 aromatic rings. The molecule has 0 bridgehead atoms. The van der Waals surface area contributed by atoms with Gasteiger partial charge in [-0.3, -0.25) is 0 Å². The highest BCUT2D eigenvalue weighted by Crippen LogP contribution is 2.36. The maximum atomic E-state index is 12.5. The Balaban J connectivity index is 2.83. The van der Waals surface area contributed by atoms with Gasteiger partial charge >= 0.3 is 0 Å². The third kappa shape index (κ3) is 6.79. The molecule has 0 spiro atoms. The van der Waals surface area contributed by atoms with Crippen LogP contribution in [0.5, 0.6) is 0 Å². The number of benzene rings is 1. The fourth-order valence-electron chi connectivity index (χ4n) is 1.89. The molecule has 0 amide bonds. The largest absolute Gasteiger partial charge is 0.415 e. The van der Waals surface area contributed by atoms with E-state index in [1.54, 1.807) is 0 Å². The number of hydrogen-bond acceptors (Lipinski definition) is 2. The van der Waals surface area contributed by atoms with Gasteiger partial charge in [-0.05, 0) is 50.9 Å². The van der Waals surface area contributed by atoms with Gasteiger partial charge < -0.3 is 4.43 Å². The van der Waals surface area contributed by atoms with Crippen LogP contribution in [0.1, 0.15) is 47.1 Å². The molecule has 0 aromatic heterocycles. The predicted molar refractivity (Wildman–Crippen MR) is 108 cm³/mol. The summed E-state index contributed by atoms with van der Waals surface area (Å²) in [5, 5.41) is 0.174. The quantitative estimate of drug-likeness (QED) is 0.709. The number of nitrogens with one attached hydrogen (secondary N) is 1. The average Bonchev–Trinajstić information content (AvgIpc) is 2.43. The monoisotopic (exact) mass is 369 g/mol. The zero-order valence-electron chi connectivity index (χ0n) is 16.6. The molecule has 138 valence electrons. The summed E-state index contributed by atoms with van der Waals surface area (Å²) in [6, 6.07) is 10.4. The van der Waals surface area contributed by atoms with Crippen LogP contribution in [0.4, 0.5) is 0 Å². The first kappa shape index (κ1) is 21.5. The van der Waals surface area contributed by atoms with Gasteiger partial charge in [-0.25, -0.2) is 8.93 Å². The lowest BCUT2D eigenvalue weighted by molar-refractivity contribution is 0.255. The molecule has 0 heterocycles. The first-order valence-electron chi connectivity index (χ1n) is 8.69. The van der Waals surface area contributed by atoms with Gasteiger partial charge in [-0.1, -0.05) is 51.1 Å². The summed E-state index contributed by atoms with van der Waals surface area (Å²) in [4.78, 5) is 0. The average molecular weight is 370 g/mol. The van der Waals surface area contributed by atoms with Crippen molar-refractivity contribution in [3.63, 3.8) is 0 Å². The van der Waals surface area contributed by atoms with Gasteiger partial charge in [-0.2, -0.15) is 0 Å². The maximum absolute atomic E-state index is 12.5. The van der Waals surface area contributed by atoms with E-state index in [0.29, 0.717) is 6.61 Å². The van der Waals surface area contributed by atoms with Crippen molar-refractivity contribution in [1.29, 1.82) is 0 Å². The minimum atomic E-state index is -1.82. The number of hydrogen-bond donors (Lipinski definition) is 1. The highest BCUT2D eigenvalue weighted by Gasteiger charge is 2.37. The van der Waals surface area contributed by atoms with Crippen LogP contribution < -0.4 is 4.72 Å². The van der Waals surface area contributed by atoms with Gasteiger partial charge in [-0.15, -0.1) is 0 Å². The van der Waals surface area contributed by atoms with Crippen LogP contribution in [-0.2, 0) is 21.8 Å². The van der Waals surface area contributed by atoms with Crippen molar-refractivity contribution in [3.05, 3.63) is 35.9 Å². The molecule has 5 heteroatoms. The topological polar surface area (TPSA) is 38.3 Å². The predicted octanol–water partition coefficient (Wildman–Crippen LogP) is 4.67. The van der Waals surface area contributed by atoms with Gasteiger partial charge in [0.2, 0.25) is 0 Å². The van der Waals surface area contributed by atoms with E-state index in [4.69, 9.17) is 4.43 Å². The fraction of sp³-hybridized carbons (Fsp3) is 0.684. The third-order valence-corrected chi connectivity index (χ3v) is 10.8. The van der Waals surface area contributed by atoms with Crippen molar-refractivity contribution >= 4 is 19.3 Å². The van der Waals surface area contributed by atoms with Crippen molar-refractivity contribution in [3.8, 4) is 0 Å². The molecule has 0 radical (unpaired) electrons. The molecular weight excluding hydrogens is 334 g/mol. The van der Waals surface area contributed by atoms with Crippen molar-refractivity contribution in [1.82, 2.24) is 4.72 Å². The lowest BCUT2D eigenvalue weighted by atomic mass is 10.1. The molecule has 1 N–H and O–H groups in total. The van der Waals surface area contributed by atoms with Gasteiger partial charge in [0.05, 0.1) is 22.3 Å². The van der Waals surface area contributed by atoms with E-state index in [0.717, 1.165) is 6.42 Å². The maximum Gasteiger partial charge on any atom is 0.192 e. The van der Waals surface area contributed by atoms with E-state index < -0.39 is 19.3 Å². The smallest absolute Gasteiger partial charge is 0.192 e. The molecule has 0 saturated carbocycles. The lowest BCUT2D eigenvalue weighted by Crippen LogP contribution is -2.48. The Kier molecular flexibility index (Phi) is 7.41. The second-order valence-corrected chi connectivity index (χ2v) is 15.8. The van der Waals surface area contributed by atoms with Crippen LogP contribution in [0.2, 0.25) is 18.1 Å². The molecule has 1 aromatic carbocycles. The minimum Gasteiger partial charge on any atom is -0.415 e. The van der Waals surface area contributed by atoms with Gasteiger partial charge in [0.1, 0.15) is 0 Å². The van der Waals surface area contributed by atoms with Crippen molar-refractivity contribution in [2.75, 3.05) is 6.61 Å². The molecule has 1 rings (SSSR count). The highest BCUT2D eigenvalue weighted by atomic mass is 32.2. The fourth-order valence-corrected chi connectivity index (χ4v) is 3.75. The van der Waals surface area contributed by atoms with E-state index in [-0.39, 0.29) is 15.8 Å². The first-order chi connectivity index (χ1) is 10.8. The Hall–Kier alpha value is -0.493. The van der Waals surface area contributed by atoms with E-state index >= 15 is 0 Å². The normalized spacial score (nSPS) is 16.0. The Morgan fingerprint density at radius 1 is 1.08 bits per heavy atom. The van der Waals surface area contributed by atoms with Gasteiger partial charge in [0.15, 0.2) is 8.32 Å². The summed E-state index contributed by atoms with van der Waals surface area (Å²) in [5.41, 5.74) is 1.24. The Bertz CT molecular complexity index is 533. The summed E-state index contributed by atoms with van der Waals surface area (Å²) in [5.74, 6) is 0. The van der Waals surface area contributed by atoms with E-state index in [1.165, 1.54) is 5.56 Å². The summed E-state index contributed by atoms with van der Waals surface area (Å²) < 4.78 is 21.9. The zero-order chi connectivity index (χ0) is 18.6. The number of rotatable bonds is 7. The first-order valence-corrected chi connectivity index (χ1v) is 12.7. The molecule has 0 aliphatic carbocycles. The molecule has 0 aliphatic heterocycles. The summed E-state index contributed by atoms with van der Waals surface area (Å²) >= 11 is 0. The van der Waals surface area contributed by atoms with E-state index in [2.05, 4.69) is 50.7 Å². The molecule has 0 fully saturated rings. The second kappa shape index (κ2) is 8.26. The molecular formula is C19H35NO2SSi. The minimum absolute atomic E-state index is 0.0431. The summed E-state index contributed by atoms with van der Waals surface area (Å²) in [7, 11) is -2.93. The highest BCUT2D eigenvalue weighted by molar-refractivity contribution is 7.84. The van der Waals surface area contributed by atoms with Crippen LogP contribution >= 0.6 is 0 Å². The van der Waals surface area contributed by atoms with Crippen molar-refractivity contribution in [2.24, 2.45) is 0 Å². The van der Waals surface area contributed by atoms with Crippen LogP contribution in [0.25, 0.3) is 0 Å². The SMILES string of the molecule is CC(C)(C)S(=O)N[C@@H](CO[Si](C)(C)C(C)(C)C)Cc1ccccc1. The molecule has 1 unspecified atom stereocenters. The van der Waals surface area contributed by atoms with Crippen LogP contribution in [0.15, 0.2) is 30.3 Å². The van der Waals surface area contributed by atoms with Gasteiger partial charge in [0, 0.05) is 6.04 Å². The van der Waals surface area contributed by atoms with Crippen LogP contribution in [-0.4, -0.2) is 29.9 Å². The third-order valence-electron chi connectivity index (χ3n) is 4.61.